The van der Waals surface area contributed by atoms with Crippen molar-refractivity contribution in [2.75, 3.05) is 46.7 Å². The Labute approximate surface area is 168 Å². The molecule has 0 fully saturated rings. The number of anilines is 1. The van der Waals surface area contributed by atoms with Crippen LogP contribution in [0.25, 0.3) is 0 Å². The van der Waals surface area contributed by atoms with Gasteiger partial charge in [0.15, 0.2) is 17.5 Å². The molecule has 0 aliphatic rings. The number of hydrogen-bond donors (Lipinski definition) is 2. The fraction of sp³-hybridized carbons (Fsp3) is 0.600. The molecule has 0 bridgehead atoms. The van der Waals surface area contributed by atoms with Gasteiger partial charge in [0.25, 0.3) is 0 Å². The lowest BCUT2D eigenvalue weighted by molar-refractivity contribution is 0.0278. The summed E-state index contributed by atoms with van der Waals surface area (Å²) in [6, 6.07) is 5.55. The molecule has 1 atom stereocenters. The van der Waals surface area contributed by atoms with Crippen LogP contribution in [0.3, 0.4) is 0 Å². The van der Waals surface area contributed by atoms with E-state index in [4.69, 9.17) is 14.2 Å². The Kier molecular flexibility index (Phi) is 8.88. The number of amides is 1. The highest BCUT2D eigenvalue weighted by molar-refractivity contribution is 5.93. The van der Waals surface area contributed by atoms with E-state index in [-0.39, 0.29) is 12.0 Å². The van der Waals surface area contributed by atoms with E-state index in [9.17, 15) is 4.79 Å². The summed E-state index contributed by atoms with van der Waals surface area (Å²) in [5, 5.41) is 6.48. The SMILES string of the molecule is CN=C(NCC(C)CN(C)C(=O)OC(C)(C)C)Nc1ccc(OC)c(OC)c1. The van der Waals surface area contributed by atoms with Crippen LogP contribution in [0, 0.1) is 5.92 Å². The van der Waals surface area contributed by atoms with Crippen LogP contribution in [-0.2, 0) is 4.74 Å². The van der Waals surface area contributed by atoms with Crippen LogP contribution in [0.15, 0.2) is 23.2 Å². The molecule has 0 saturated carbocycles. The standard InChI is InChI=1S/C20H34N4O4/c1-14(13-24(6)19(25)28-20(2,3)4)12-22-18(21-5)23-15-9-10-16(26-7)17(11-15)27-8/h9-11,14H,12-13H2,1-8H3,(H2,21,22,23). The molecule has 28 heavy (non-hydrogen) atoms. The number of nitrogens with one attached hydrogen (secondary N) is 2. The van der Waals surface area contributed by atoms with E-state index in [1.807, 2.05) is 39.0 Å². The summed E-state index contributed by atoms with van der Waals surface area (Å²) in [6.07, 6.45) is -0.327. The van der Waals surface area contributed by atoms with Crippen molar-refractivity contribution < 1.29 is 19.0 Å². The second-order valence-corrected chi connectivity index (χ2v) is 7.61. The molecular formula is C20H34N4O4. The van der Waals surface area contributed by atoms with Gasteiger partial charge in [-0.1, -0.05) is 6.92 Å². The number of aliphatic imine (C=N–C) groups is 1. The fourth-order valence-electron chi connectivity index (χ4n) is 2.45. The summed E-state index contributed by atoms with van der Waals surface area (Å²) in [4.78, 5) is 17.9. The Hall–Kier alpha value is -2.64. The number of rotatable bonds is 7. The van der Waals surface area contributed by atoms with E-state index in [2.05, 4.69) is 22.5 Å². The summed E-state index contributed by atoms with van der Waals surface area (Å²) < 4.78 is 15.9. The summed E-state index contributed by atoms with van der Waals surface area (Å²) in [7, 11) is 6.63. The molecule has 1 unspecified atom stereocenters. The third-order valence-corrected chi connectivity index (χ3v) is 3.78. The van der Waals surface area contributed by atoms with Crippen LogP contribution in [0.4, 0.5) is 10.5 Å². The normalized spacial score (nSPS) is 12.8. The van der Waals surface area contributed by atoms with Gasteiger partial charge in [-0.05, 0) is 38.8 Å². The third kappa shape index (κ3) is 7.94. The summed E-state index contributed by atoms with van der Waals surface area (Å²) in [6.45, 7) is 8.82. The van der Waals surface area contributed by atoms with E-state index >= 15 is 0 Å². The number of guanidine groups is 1. The average Bonchev–Trinajstić information content (AvgIpc) is 2.63. The predicted molar refractivity (Wildman–Crippen MR) is 113 cm³/mol. The molecule has 0 heterocycles. The quantitative estimate of drug-likeness (QED) is 0.546. The van der Waals surface area contributed by atoms with Gasteiger partial charge in [0.1, 0.15) is 5.60 Å². The van der Waals surface area contributed by atoms with Gasteiger partial charge >= 0.3 is 6.09 Å². The van der Waals surface area contributed by atoms with E-state index in [0.29, 0.717) is 30.5 Å². The minimum absolute atomic E-state index is 0.196. The molecule has 0 spiro atoms. The lowest BCUT2D eigenvalue weighted by Crippen LogP contribution is -2.40. The summed E-state index contributed by atoms with van der Waals surface area (Å²) in [5.41, 5.74) is 0.322. The smallest absolute Gasteiger partial charge is 0.410 e. The molecule has 158 valence electrons. The molecule has 0 radical (unpaired) electrons. The monoisotopic (exact) mass is 394 g/mol. The van der Waals surface area contributed by atoms with E-state index in [1.54, 1.807) is 33.2 Å². The molecule has 8 heteroatoms. The third-order valence-electron chi connectivity index (χ3n) is 3.78. The van der Waals surface area contributed by atoms with Crippen molar-refractivity contribution >= 4 is 17.7 Å². The largest absolute Gasteiger partial charge is 0.493 e. The van der Waals surface area contributed by atoms with Crippen molar-refractivity contribution in [3.8, 4) is 11.5 Å². The van der Waals surface area contributed by atoms with Crippen LogP contribution < -0.4 is 20.1 Å². The Bertz CT molecular complexity index is 671. The minimum atomic E-state index is -0.502. The highest BCUT2D eigenvalue weighted by Crippen LogP contribution is 2.29. The Balaban J connectivity index is 2.57. The van der Waals surface area contributed by atoms with Gasteiger partial charge in [0, 0.05) is 38.9 Å². The van der Waals surface area contributed by atoms with Gasteiger partial charge in [0.2, 0.25) is 0 Å². The zero-order valence-corrected chi connectivity index (χ0v) is 18.3. The van der Waals surface area contributed by atoms with Crippen LogP contribution in [-0.4, -0.2) is 64.0 Å². The fourth-order valence-corrected chi connectivity index (χ4v) is 2.45. The van der Waals surface area contributed by atoms with Crippen molar-refractivity contribution in [3.05, 3.63) is 18.2 Å². The second kappa shape index (κ2) is 10.6. The predicted octanol–water partition coefficient (Wildman–Crippen LogP) is 3.19. The number of methoxy groups -OCH3 is 2. The second-order valence-electron chi connectivity index (χ2n) is 7.61. The highest BCUT2D eigenvalue weighted by atomic mass is 16.6. The molecule has 0 aliphatic heterocycles. The molecule has 1 rings (SSSR count). The summed E-state index contributed by atoms with van der Waals surface area (Å²) in [5.74, 6) is 2.12. The zero-order chi connectivity index (χ0) is 21.3. The van der Waals surface area contributed by atoms with Crippen LogP contribution in [0.2, 0.25) is 0 Å². The first kappa shape index (κ1) is 23.4. The first-order valence-corrected chi connectivity index (χ1v) is 9.23. The van der Waals surface area contributed by atoms with Gasteiger partial charge in [-0.25, -0.2) is 4.79 Å². The van der Waals surface area contributed by atoms with E-state index in [1.165, 1.54) is 0 Å². The van der Waals surface area contributed by atoms with Crippen molar-refractivity contribution in [1.29, 1.82) is 0 Å². The van der Waals surface area contributed by atoms with Gasteiger partial charge in [-0.3, -0.25) is 4.99 Å². The molecule has 1 aromatic rings. The van der Waals surface area contributed by atoms with Crippen LogP contribution in [0.1, 0.15) is 27.7 Å². The molecule has 1 amide bonds. The number of carbonyl (C=O) groups excluding carboxylic acids is 1. The molecule has 0 saturated heterocycles. The first-order valence-electron chi connectivity index (χ1n) is 9.23. The Morgan fingerprint density at radius 2 is 1.86 bits per heavy atom. The number of ether oxygens (including phenoxy) is 3. The average molecular weight is 395 g/mol. The van der Waals surface area contributed by atoms with Crippen LogP contribution in [0.5, 0.6) is 11.5 Å². The lowest BCUT2D eigenvalue weighted by Gasteiger charge is -2.26. The Morgan fingerprint density at radius 1 is 1.21 bits per heavy atom. The molecular weight excluding hydrogens is 360 g/mol. The molecule has 2 N–H and O–H groups in total. The van der Waals surface area contributed by atoms with Crippen LogP contribution >= 0.6 is 0 Å². The first-order chi connectivity index (χ1) is 13.1. The van der Waals surface area contributed by atoms with Crippen molar-refractivity contribution in [3.63, 3.8) is 0 Å². The number of carbonyl (C=O) groups is 1. The molecule has 0 aliphatic carbocycles. The van der Waals surface area contributed by atoms with Gasteiger partial charge < -0.3 is 29.7 Å². The molecule has 1 aromatic carbocycles. The van der Waals surface area contributed by atoms with E-state index in [0.717, 1.165) is 5.69 Å². The maximum atomic E-state index is 12.1. The summed E-state index contributed by atoms with van der Waals surface area (Å²) >= 11 is 0. The highest BCUT2D eigenvalue weighted by Gasteiger charge is 2.20. The zero-order valence-electron chi connectivity index (χ0n) is 18.3. The lowest BCUT2D eigenvalue weighted by atomic mass is 10.1. The maximum absolute atomic E-state index is 12.1. The number of hydrogen-bond acceptors (Lipinski definition) is 5. The van der Waals surface area contributed by atoms with Crippen molar-refractivity contribution in [1.82, 2.24) is 10.2 Å². The van der Waals surface area contributed by atoms with Gasteiger partial charge in [-0.2, -0.15) is 0 Å². The molecule has 8 nitrogen and oxygen atoms in total. The van der Waals surface area contributed by atoms with Crippen molar-refractivity contribution in [2.24, 2.45) is 10.9 Å². The topological polar surface area (TPSA) is 84.4 Å². The Morgan fingerprint density at radius 3 is 2.39 bits per heavy atom. The maximum Gasteiger partial charge on any atom is 0.410 e. The van der Waals surface area contributed by atoms with Gasteiger partial charge in [-0.15, -0.1) is 0 Å². The molecule has 0 aromatic heterocycles. The number of nitrogens with zero attached hydrogens (tertiary/aromatic N) is 2. The van der Waals surface area contributed by atoms with Crippen molar-refractivity contribution in [2.45, 2.75) is 33.3 Å². The van der Waals surface area contributed by atoms with Gasteiger partial charge in [0.05, 0.1) is 14.2 Å². The number of benzene rings is 1. The van der Waals surface area contributed by atoms with E-state index < -0.39 is 5.60 Å². The minimum Gasteiger partial charge on any atom is -0.493 e.